The minimum atomic E-state index is -0.269. The normalized spacial score (nSPS) is 18.1. The van der Waals surface area contributed by atoms with Gasteiger partial charge in [-0.25, -0.2) is 0 Å². The highest BCUT2D eigenvalue weighted by Crippen LogP contribution is 2.36. The first-order chi connectivity index (χ1) is 16.8. The summed E-state index contributed by atoms with van der Waals surface area (Å²) >= 11 is 6.87. The van der Waals surface area contributed by atoms with Crippen molar-refractivity contribution in [2.24, 2.45) is 0 Å². The third-order valence-electron chi connectivity index (χ3n) is 6.85. The van der Waals surface area contributed by atoms with Gasteiger partial charge in [-0.1, -0.05) is 63.0 Å². The number of hydrogen-bond donors (Lipinski definition) is 0. The Bertz CT molecular complexity index is 1080. The van der Waals surface area contributed by atoms with Gasteiger partial charge in [0, 0.05) is 44.8 Å². The molecule has 3 heterocycles. The monoisotopic (exact) mass is 515 g/mol. The summed E-state index contributed by atoms with van der Waals surface area (Å²) < 4.78 is 2.26. The van der Waals surface area contributed by atoms with Gasteiger partial charge in [0.1, 0.15) is 21.8 Å². The number of anilines is 1. The lowest BCUT2D eigenvalue weighted by Crippen LogP contribution is -2.47. The van der Waals surface area contributed by atoms with Gasteiger partial charge < -0.3 is 9.80 Å². The number of aromatic nitrogens is 1. The van der Waals surface area contributed by atoms with Gasteiger partial charge in [-0.3, -0.25) is 19.1 Å². The number of rotatable bonds is 10. The molecule has 0 spiro atoms. The van der Waals surface area contributed by atoms with Crippen molar-refractivity contribution >= 4 is 46.1 Å². The second kappa shape index (κ2) is 12.7. The third kappa shape index (κ3) is 6.16. The molecular formula is C26H37N5O2S2. The number of carbonyl (C=O) groups excluding carboxylic acids is 1. The van der Waals surface area contributed by atoms with Crippen LogP contribution in [0.4, 0.5) is 5.82 Å². The predicted octanol–water partition coefficient (Wildman–Crippen LogP) is 4.36. The number of pyridine rings is 1. The summed E-state index contributed by atoms with van der Waals surface area (Å²) in [5.41, 5.74) is 1.26. The molecule has 190 valence electrons. The van der Waals surface area contributed by atoms with Crippen LogP contribution in [0.1, 0.15) is 69.1 Å². The maximum atomic E-state index is 13.3. The molecular weight excluding hydrogens is 478 g/mol. The zero-order valence-electron chi connectivity index (χ0n) is 21.4. The Morgan fingerprint density at radius 1 is 1.06 bits per heavy atom. The molecule has 0 aromatic carbocycles. The van der Waals surface area contributed by atoms with Crippen LogP contribution in [0.3, 0.4) is 0 Å². The first kappa shape index (κ1) is 27.4. The fraction of sp³-hybridized carbons (Fsp3) is 0.615. The molecule has 2 saturated heterocycles. The van der Waals surface area contributed by atoms with Crippen molar-refractivity contribution in [2.45, 2.75) is 65.8 Å². The van der Waals surface area contributed by atoms with Gasteiger partial charge in [0.2, 0.25) is 0 Å². The summed E-state index contributed by atoms with van der Waals surface area (Å²) in [5, 5.41) is 9.75. The molecule has 0 aliphatic carbocycles. The van der Waals surface area contributed by atoms with E-state index in [0.717, 1.165) is 50.4 Å². The van der Waals surface area contributed by atoms with E-state index in [1.165, 1.54) is 37.4 Å². The van der Waals surface area contributed by atoms with E-state index in [9.17, 15) is 14.9 Å². The number of nitrogens with zero attached hydrogens (tertiary/aromatic N) is 5. The van der Waals surface area contributed by atoms with Crippen molar-refractivity contribution in [1.29, 1.82) is 5.26 Å². The van der Waals surface area contributed by atoms with Gasteiger partial charge in [-0.2, -0.15) is 5.26 Å². The molecule has 1 aromatic heterocycles. The van der Waals surface area contributed by atoms with E-state index in [4.69, 9.17) is 12.2 Å². The fourth-order valence-corrected chi connectivity index (χ4v) is 5.96. The van der Waals surface area contributed by atoms with Crippen LogP contribution < -0.4 is 10.5 Å². The van der Waals surface area contributed by atoms with Gasteiger partial charge in [0.05, 0.1) is 4.91 Å². The zero-order valence-corrected chi connectivity index (χ0v) is 23.1. The van der Waals surface area contributed by atoms with Crippen molar-refractivity contribution in [2.75, 3.05) is 44.7 Å². The quantitative estimate of drug-likeness (QED) is 0.260. The van der Waals surface area contributed by atoms with Gasteiger partial charge in [0.25, 0.3) is 11.5 Å². The van der Waals surface area contributed by atoms with Crippen molar-refractivity contribution in [3.05, 3.63) is 31.9 Å². The zero-order chi connectivity index (χ0) is 25.5. The van der Waals surface area contributed by atoms with Crippen LogP contribution in [-0.4, -0.2) is 64.4 Å². The van der Waals surface area contributed by atoms with Gasteiger partial charge in [0.15, 0.2) is 0 Å². The molecule has 9 heteroatoms. The molecule has 3 rings (SSSR count). The van der Waals surface area contributed by atoms with Crippen LogP contribution in [0, 0.1) is 18.3 Å². The Kier molecular flexibility index (Phi) is 9.96. The number of hydrogen-bond acceptors (Lipinski definition) is 7. The highest BCUT2D eigenvalue weighted by Gasteiger charge is 2.33. The smallest absolute Gasteiger partial charge is 0.270 e. The Morgan fingerprint density at radius 2 is 1.71 bits per heavy atom. The van der Waals surface area contributed by atoms with Crippen LogP contribution in [0.2, 0.25) is 0 Å². The molecule has 1 aromatic rings. The molecule has 0 bridgehead atoms. The van der Waals surface area contributed by atoms with Gasteiger partial charge in [-0.05, 0) is 39.0 Å². The van der Waals surface area contributed by atoms with E-state index in [-0.39, 0.29) is 17.0 Å². The topological polar surface area (TPSA) is 72.6 Å². The highest BCUT2D eigenvalue weighted by molar-refractivity contribution is 8.26. The molecule has 0 saturated carbocycles. The maximum Gasteiger partial charge on any atom is 0.270 e. The molecule has 2 aliphatic heterocycles. The minimum Gasteiger partial charge on any atom is -0.355 e. The lowest BCUT2D eigenvalue weighted by Gasteiger charge is -2.36. The van der Waals surface area contributed by atoms with E-state index in [1.54, 1.807) is 9.47 Å². The summed E-state index contributed by atoms with van der Waals surface area (Å²) in [5.74, 6) is 0.716. The summed E-state index contributed by atoms with van der Waals surface area (Å²) in [6.07, 6.45) is 8.77. The highest BCUT2D eigenvalue weighted by atomic mass is 32.2. The number of thioether (sulfide) groups is 1. The van der Waals surface area contributed by atoms with E-state index in [0.29, 0.717) is 27.9 Å². The van der Waals surface area contributed by atoms with E-state index < -0.39 is 0 Å². The first-order valence-electron chi connectivity index (χ1n) is 12.7. The van der Waals surface area contributed by atoms with Crippen LogP contribution in [0.15, 0.2) is 9.70 Å². The molecule has 0 unspecified atom stereocenters. The Morgan fingerprint density at radius 3 is 2.34 bits per heavy atom. The summed E-state index contributed by atoms with van der Waals surface area (Å²) in [6, 6.07) is 2.10. The second-order valence-corrected chi connectivity index (χ2v) is 11.0. The fourth-order valence-electron chi connectivity index (χ4n) is 4.67. The molecule has 35 heavy (non-hydrogen) atoms. The van der Waals surface area contributed by atoms with Crippen molar-refractivity contribution < 1.29 is 4.79 Å². The molecule has 0 N–H and O–H groups in total. The SMILES string of the molecule is CCCCCCCCN1C(=O)C(=Cc2c(C)c(C#N)c(=O)n(CC)c2N2CCN(C)CC2)SC1=S. The molecule has 0 radical (unpaired) electrons. The summed E-state index contributed by atoms with van der Waals surface area (Å²) in [7, 11) is 2.09. The average Bonchev–Trinajstić information content (AvgIpc) is 3.11. The average molecular weight is 516 g/mol. The number of thiocarbonyl (C=S) groups is 1. The van der Waals surface area contributed by atoms with Gasteiger partial charge in [-0.15, -0.1) is 0 Å². The third-order valence-corrected chi connectivity index (χ3v) is 8.23. The van der Waals surface area contributed by atoms with Crippen molar-refractivity contribution in [3.8, 4) is 6.07 Å². The summed E-state index contributed by atoms with van der Waals surface area (Å²) in [6.45, 7) is 10.3. The lowest BCUT2D eigenvalue weighted by molar-refractivity contribution is -0.122. The lowest BCUT2D eigenvalue weighted by atomic mass is 10.0. The van der Waals surface area contributed by atoms with Crippen LogP contribution in [0.5, 0.6) is 0 Å². The Balaban J connectivity index is 1.94. The number of nitriles is 1. The predicted molar refractivity (Wildman–Crippen MR) is 149 cm³/mol. The van der Waals surface area contributed by atoms with Crippen LogP contribution in [-0.2, 0) is 11.3 Å². The largest absolute Gasteiger partial charge is 0.355 e. The van der Waals surface area contributed by atoms with Crippen molar-refractivity contribution in [1.82, 2.24) is 14.4 Å². The van der Waals surface area contributed by atoms with Crippen molar-refractivity contribution in [3.63, 3.8) is 0 Å². The number of amides is 1. The minimum absolute atomic E-state index is 0.0787. The second-order valence-electron chi connectivity index (χ2n) is 9.29. The molecule has 2 aliphatic rings. The number of likely N-dealkylation sites (N-methyl/N-ethyl adjacent to an activating group) is 1. The standard InChI is InChI=1S/C26H37N5O2S2/c1-5-7-8-9-10-11-12-31-25(33)22(35-26(31)34)17-20-19(3)21(18-27)24(32)30(6-2)23(20)29-15-13-28(4)14-16-29/h17H,5-16H2,1-4H3. The van der Waals surface area contributed by atoms with Crippen LogP contribution >= 0.6 is 24.0 Å². The molecule has 0 atom stereocenters. The van der Waals surface area contributed by atoms with E-state index in [1.807, 2.05) is 19.9 Å². The summed E-state index contributed by atoms with van der Waals surface area (Å²) in [4.78, 5) is 33.2. The Hall–Kier alpha value is -2.15. The number of piperazine rings is 1. The molecule has 7 nitrogen and oxygen atoms in total. The van der Waals surface area contributed by atoms with Crippen LogP contribution in [0.25, 0.3) is 6.08 Å². The molecule has 1 amide bonds. The molecule has 2 fully saturated rings. The Labute approximate surface area is 218 Å². The number of unbranched alkanes of at least 4 members (excludes halogenated alkanes) is 5. The first-order valence-corrected chi connectivity index (χ1v) is 13.9. The van der Waals surface area contributed by atoms with E-state index in [2.05, 4.69) is 29.8 Å². The maximum absolute atomic E-state index is 13.3. The number of carbonyl (C=O) groups is 1. The van der Waals surface area contributed by atoms with Gasteiger partial charge >= 0.3 is 0 Å². The van der Waals surface area contributed by atoms with E-state index >= 15 is 0 Å².